The topological polar surface area (TPSA) is 32.3 Å². The van der Waals surface area contributed by atoms with Crippen LogP contribution in [0.15, 0.2) is 0 Å². The van der Waals surface area contributed by atoms with Crippen LogP contribution in [0.25, 0.3) is 0 Å². The van der Waals surface area contributed by atoms with E-state index in [1.807, 2.05) is 0 Å². The molecule has 104 valence electrons. The third kappa shape index (κ3) is 4.27. The second kappa shape index (κ2) is 7.13. The first-order valence-electron chi connectivity index (χ1n) is 7.75. The minimum atomic E-state index is 0.278. The van der Waals surface area contributed by atoms with Crippen LogP contribution in [0.2, 0.25) is 0 Å². The van der Waals surface area contributed by atoms with Gasteiger partial charge in [0, 0.05) is 18.5 Å². The van der Waals surface area contributed by atoms with Gasteiger partial charge in [-0.15, -0.1) is 0 Å². The molecule has 2 fully saturated rings. The lowest BCUT2D eigenvalue weighted by molar-refractivity contribution is -0.123. The van der Waals surface area contributed by atoms with Crippen molar-refractivity contribution in [3.63, 3.8) is 0 Å². The van der Waals surface area contributed by atoms with Crippen molar-refractivity contribution >= 4 is 5.91 Å². The average molecular weight is 252 g/mol. The molecule has 2 aliphatic rings. The zero-order valence-electron chi connectivity index (χ0n) is 11.8. The molecule has 1 amide bonds. The van der Waals surface area contributed by atoms with Crippen molar-refractivity contribution in [1.29, 1.82) is 0 Å². The van der Waals surface area contributed by atoms with Crippen molar-refractivity contribution in [1.82, 2.24) is 10.2 Å². The maximum absolute atomic E-state index is 12.1. The van der Waals surface area contributed by atoms with Crippen LogP contribution in [-0.2, 0) is 4.79 Å². The third-order valence-corrected chi connectivity index (χ3v) is 4.56. The van der Waals surface area contributed by atoms with Crippen LogP contribution in [0.5, 0.6) is 0 Å². The SMILES string of the molecule is CN1CCCCC1CC(=O)NC1CCCCCC1. The van der Waals surface area contributed by atoms with E-state index in [1.54, 1.807) is 0 Å². The Bertz CT molecular complexity index is 259. The number of hydrogen-bond donors (Lipinski definition) is 1. The van der Waals surface area contributed by atoms with Crippen molar-refractivity contribution in [3.05, 3.63) is 0 Å². The summed E-state index contributed by atoms with van der Waals surface area (Å²) >= 11 is 0. The summed E-state index contributed by atoms with van der Waals surface area (Å²) in [7, 11) is 2.16. The minimum Gasteiger partial charge on any atom is -0.353 e. The summed E-state index contributed by atoms with van der Waals surface area (Å²) in [6.07, 6.45) is 12.1. The molecule has 0 aromatic rings. The van der Waals surface area contributed by atoms with Gasteiger partial charge < -0.3 is 10.2 Å². The first-order chi connectivity index (χ1) is 8.75. The van der Waals surface area contributed by atoms with E-state index < -0.39 is 0 Å². The van der Waals surface area contributed by atoms with Gasteiger partial charge in [0.15, 0.2) is 0 Å². The maximum Gasteiger partial charge on any atom is 0.221 e. The standard InChI is InChI=1S/C15H28N2O/c1-17-11-7-6-10-14(17)12-15(18)16-13-8-4-2-3-5-9-13/h13-14H,2-12H2,1H3,(H,16,18). The molecule has 1 unspecified atom stereocenters. The summed E-state index contributed by atoms with van der Waals surface area (Å²) < 4.78 is 0. The molecule has 1 aliphatic heterocycles. The van der Waals surface area contributed by atoms with Gasteiger partial charge in [-0.25, -0.2) is 0 Å². The molecule has 18 heavy (non-hydrogen) atoms. The van der Waals surface area contributed by atoms with Crippen molar-refractivity contribution in [2.45, 2.75) is 76.3 Å². The van der Waals surface area contributed by atoms with E-state index in [2.05, 4.69) is 17.3 Å². The number of piperidine rings is 1. The lowest BCUT2D eigenvalue weighted by atomic mass is 9.99. The van der Waals surface area contributed by atoms with Gasteiger partial charge in [0.1, 0.15) is 0 Å². The minimum absolute atomic E-state index is 0.278. The number of nitrogens with one attached hydrogen (secondary N) is 1. The van der Waals surface area contributed by atoms with Crippen LogP contribution in [0.3, 0.4) is 0 Å². The van der Waals surface area contributed by atoms with Crippen molar-refractivity contribution in [2.75, 3.05) is 13.6 Å². The Morgan fingerprint density at radius 3 is 2.39 bits per heavy atom. The van der Waals surface area contributed by atoms with Crippen LogP contribution in [-0.4, -0.2) is 36.5 Å². The molecule has 0 spiro atoms. The molecule has 0 bridgehead atoms. The maximum atomic E-state index is 12.1. The highest BCUT2D eigenvalue weighted by Gasteiger charge is 2.23. The highest BCUT2D eigenvalue weighted by Crippen LogP contribution is 2.19. The zero-order chi connectivity index (χ0) is 12.8. The Balaban J connectivity index is 1.73. The number of hydrogen-bond acceptors (Lipinski definition) is 2. The Hall–Kier alpha value is -0.570. The van der Waals surface area contributed by atoms with Gasteiger partial charge in [0.25, 0.3) is 0 Å². The molecular formula is C15H28N2O. The average Bonchev–Trinajstić information content (AvgIpc) is 2.61. The molecule has 1 heterocycles. The van der Waals surface area contributed by atoms with Gasteiger partial charge in [-0.2, -0.15) is 0 Å². The fourth-order valence-electron chi connectivity index (χ4n) is 3.33. The Morgan fingerprint density at radius 2 is 1.72 bits per heavy atom. The number of likely N-dealkylation sites (tertiary alicyclic amines) is 1. The molecule has 2 rings (SSSR count). The lowest BCUT2D eigenvalue weighted by Gasteiger charge is -2.32. The monoisotopic (exact) mass is 252 g/mol. The van der Waals surface area contributed by atoms with Crippen LogP contribution in [0.4, 0.5) is 0 Å². The Morgan fingerprint density at radius 1 is 1.06 bits per heavy atom. The van der Waals surface area contributed by atoms with E-state index in [9.17, 15) is 4.79 Å². The Labute approximate surface area is 111 Å². The van der Waals surface area contributed by atoms with E-state index in [4.69, 9.17) is 0 Å². The van der Waals surface area contributed by atoms with Gasteiger partial charge >= 0.3 is 0 Å². The highest BCUT2D eigenvalue weighted by atomic mass is 16.1. The van der Waals surface area contributed by atoms with Gasteiger partial charge in [-0.3, -0.25) is 4.79 Å². The summed E-state index contributed by atoms with van der Waals surface area (Å²) in [4.78, 5) is 14.5. The van der Waals surface area contributed by atoms with Gasteiger partial charge in [-0.1, -0.05) is 32.1 Å². The normalized spacial score (nSPS) is 27.7. The predicted molar refractivity (Wildman–Crippen MR) is 74.5 cm³/mol. The van der Waals surface area contributed by atoms with Crippen molar-refractivity contribution in [2.24, 2.45) is 0 Å². The number of nitrogens with zero attached hydrogens (tertiary/aromatic N) is 1. The van der Waals surface area contributed by atoms with Gasteiger partial charge in [-0.05, 0) is 39.3 Å². The van der Waals surface area contributed by atoms with E-state index in [-0.39, 0.29) is 5.91 Å². The fraction of sp³-hybridized carbons (Fsp3) is 0.933. The van der Waals surface area contributed by atoms with Crippen LogP contribution >= 0.6 is 0 Å². The zero-order valence-corrected chi connectivity index (χ0v) is 11.8. The van der Waals surface area contributed by atoms with Crippen molar-refractivity contribution in [3.8, 4) is 0 Å². The fourth-order valence-corrected chi connectivity index (χ4v) is 3.33. The lowest BCUT2D eigenvalue weighted by Crippen LogP contribution is -2.42. The van der Waals surface area contributed by atoms with E-state index in [1.165, 1.54) is 57.8 Å². The second-order valence-corrected chi connectivity index (χ2v) is 6.09. The molecule has 1 saturated carbocycles. The van der Waals surface area contributed by atoms with E-state index in [0.29, 0.717) is 18.5 Å². The largest absolute Gasteiger partial charge is 0.353 e. The predicted octanol–water partition coefficient (Wildman–Crippen LogP) is 2.70. The van der Waals surface area contributed by atoms with Gasteiger partial charge in [0.05, 0.1) is 0 Å². The Kier molecular flexibility index (Phi) is 5.48. The molecule has 3 nitrogen and oxygen atoms in total. The first-order valence-corrected chi connectivity index (χ1v) is 7.75. The summed E-state index contributed by atoms with van der Waals surface area (Å²) in [6.45, 7) is 1.15. The molecule has 3 heteroatoms. The van der Waals surface area contributed by atoms with E-state index >= 15 is 0 Å². The summed E-state index contributed by atoms with van der Waals surface area (Å²) in [5.41, 5.74) is 0. The number of amides is 1. The molecule has 0 aromatic heterocycles. The quantitative estimate of drug-likeness (QED) is 0.783. The molecule has 1 saturated heterocycles. The van der Waals surface area contributed by atoms with E-state index in [0.717, 1.165) is 6.54 Å². The number of rotatable bonds is 3. The van der Waals surface area contributed by atoms with Gasteiger partial charge in [0.2, 0.25) is 5.91 Å². The second-order valence-electron chi connectivity index (χ2n) is 6.09. The summed E-state index contributed by atoms with van der Waals surface area (Å²) in [5.74, 6) is 0.278. The molecule has 0 radical (unpaired) electrons. The molecule has 0 aromatic carbocycles. The van der Waals surface area contributed by atoms with Crippen LogP contribution in [0, 0.1) is 0 Å². The first kappa shape index (κ1) is 13.9. The molecule has 1 atom stereocenters. The molecule has 1 aliphatic carbocycles. The molecule has 1 N–H and O–H groups in total. The smallest absolute Gasteiger partial charge is 0.221 e. The highest BCUT2D eigenvalue weighted by molar-refractivity contribution is 5.76. The molecular weight excluding hydrogens is 224 g/mol. The summed E-state index contributed by atoms with van der Waals surface area (Å²) in [5, 5.41) is 3.26. The van der Waals surface area contributed by atoms with Crippen molar-refractivity contribution < 1.29 is 4.79 Å². The third-order valence-electron chi connectivity index (χ3n) is 4.56. The summed E-state index contributed by atoms with van der Waals surface area (Å²) in [6, 6.07) is 0.929. The number of carbonyl (C=O) groups excluding carboxylic acids is 1. The van der Waals surface area contributed by atoms with Crippen LogP contribution < -0.4 is 5.32 Å². The number of carbonyl (C=O) groups is 1. The van der Waals surface area contributed by atoms with Crippen LogP contribution in [0.1, 0.15) is 64.2 Å².